The van der Waals surface area contributed by atoms with E-state index in [0.717, 1.165) is 16.6 Å². The molecule has 190 valence electrons. The van der Waals surface area contributed by atoms with Crippen molar-refractivity contribution in [2.24, 2.45) is 0 Å². The van der Waals surface area contributed by atoms with E-state index < -0.39 is 11.7 Å². The number of likely N-dealkylation sites (tertiary alicyclic amines) is 1. The summed E-state index contributed by atoms with van der Waals surface area (Å²) in [6, 6.07) is 8.51. The van der Waals surface area contributed by atoms with Crippen LogP contribution in [0.5, 0.6) is 0 Å². The van der Waals surface area contributed by atoms with Crippen LogP contribution in [-0.2, 0) is 6.54 Å². The fraction of sp³-hybridized carbons (Fsp3) is 0.185. The Morgan fingerprint density at radius 3 is 2.79 bits per heavy atom. The number of imidazole rings is 1. The zero-order valence-electron chi connectivity index (χ0n) is 19.9. The Morgan fingerprint density at radius 2 is 1.97 bits per heavy atom. The SMILES string of the molecule is Fc1cc2[nH]nc(-c3nc4c(-c5ccoc5)nccc4[nH]3)c2cc1-c1cncc(CN2CCC(F)(F)C2)c1. The van der Waals surface area contributed by atoms with Gasteiger partial charge >= 0.3 is 0 Å². The highest BCUT2D eigenvalue weighted by Crippen LogP contribution is 2.34. The van der Waals surface area contributed by atoms with E-state index in [-0.39, 0.29) is 13.0 Å². The van der Waals surface area contributed by atoms with E-state index in [4.69, 9.17) is 9.40 Å². The summed E-state index contributed by atoms with van der Waals surface area (Å²) in [6.07, 6.45) is 7.90. The lowest BCUT2D eigenvalue weighted by Gasteiger charge is -2.16. The van der Waals surface area contributed by atoms with Gasteiger partial charge in [0.15, 0.2) is 5.82 Å². The third kappa shape index (κ3) is 3.91. The number of halogens is 3. The predicted molar refractivity (Wildman–Crippen MR) is 135 cm³/mol. The lowest BCUT2D eigenvalue weighted by molar-refractivity contribution is 0.0115. The molecule has 2 N–H and O–H groups in total. The molecule has 38 heavy (non-hydrogen) atoms. The molecule has 5 aromatic heterocycles. The van der Waals surface area contributed by atoms with E-state index in [9.17, 15) is 8.78 Å². The van der Waals surface area contributed by atoms with Crippen molar-refractivity contribution >= 4 is 21.9 Å². The largest absolute Gasteiger partial charge is 0.472 e. The Hall–Kier alpha value is -4.51. The first-order chi connectivity index (χ1) is 18.4. The van der Waals surface area contributed by atoms with Gasteiger partial charge in [-0.15, -0.1) is 0 Å². The fourth-order valence-corrected chi connectivity index (χ4v) is 5.02. The molecule has 6 heterocycles. The Labute approximate surface area is 213 Å². The van der Waals surface area contributed by atoms with E-state index in [1.54, 1.807) is 48.1 Å². The number of hydrogen-bond acceptors (Lipinski definition) is 6. The van der Waals surface area contributed by atoms with E-state index in [2.05, 4.69) is 25.1 Å². The molecular weight excluding hydrogens is 495 g/mol. The second-order valence-electron chi connectivity index (χ2n) is 9.50. The number of pyridine rings is 2. The summed E-state index contributed by atoms with van der Waals surface area (Å²) in [4.78, 5) is 18.4. The number of alkyl halides is 2. The van der Waals surface area contributed by atoms with Crippen LogP contribution in [0.25, 0.3) is 55.8 Å². The molecule has 1 aliphatic heterocycles. The standard InChI is InChI=1S/C27H20F3N7O/c28-20-9-22-19(8-18(20)17-7-15(10-31-11-17)12-37-5-3-27(29,30)14-37)24(36-35-22)26-33-21-1-4-32-23(25(21)34-26)16-2-6-38-13-16/h1-2,4,6-11,13H,3,5,12,14H2,(H,33,34)(H,35,36). The van der Waals surface area contributed by atoms with Crippen LogP contribution in [0.2, 0.25) is 0 Å². The minimum atomic E-state index is -2.67. The van der Waals surface area contributed by atoms with Gasteiger partial charge in [0.2, 0.25) is 0 Å². The third-order valence-corrected chi connectivity index (χ3v) is 6.83. The minimum Gasteiger partial charge on any atom is -0.472 e. The summed E-state index contributed by atoms with van der Waals surface area (Å²) < 4.78 is 47.7. The molecule has 1 aliphatic rings. The molecule has 0 aliphatic carbocycles. The monoisotopic (exact) mass is 515 g/mol. The molecule has 1 fully saturated rings. The average molecular weight is 515 g/mol. The topological polar surface area (TPSA) is 99.5 Å². The first kappa shape index (κ1) is 22.7. The van der Waals surface area contributed by atoms with Gasteiger partial charge in [-0.1, -0.05) is 0 Å². The molecule has 6 aromatic rings. The van der Waals surface area contributed by atoms with Gasteiger partial charge in [0.05, 0.1) is 30.1 Å². The summed E-state index contributed by atoms with van der Waals surface area (Å²) in [5, 5.41) is 7.97. The van der Waals surface area contributed by atoms with Gasteiger partial charge < -0.3 is 9.40 Å². The zero-order chi connectivity index (χ0) is 25.9. The van der Waals surface area contributed by atoms with Crippen molar-refractivity contribution in [1.29, 1.82) is 0 Å². The number of nitrogens with zero attached hydrogens (tertiary/aromatic N) is 5. The van der Waals surface area contributed by atoms with E-state index in [1.807, 2.05) is 12.1 Å². The van der Waals surface area contributed by atoms with Crippen LogP contribution in [0.1, 0.15) is 12.0 Å². The van der Waals surface area contributed by atoms with Crippen molar-refractivity contribution in [3.63, 3.8) is 0 Å². The summed E-state index contributed by atoms with van der Waals surface area (Å²) in [5.41, 5.74) is 5.56. The fourth-order valence-electron chi connectivity index (χ4n) is 5.02. The van der Waals surface area contributed by atoms with Crippen molar-refractivity contribution in [2.45, 2.75) is 18.9 Å². The van der Waals surface area contributed by atoms with Crippen molar-refractivity contribution in [1.82, 2.24) is 35.0 Å². The number of benzene rings is 1. The second kappa shape index (κ2) is 8.52. The molecule has 0 spiro atoms. The summed E-state index contributed by atoms with van der Waals surface area (Å²) in [5.74, 6) is -2.62. The van der Waals surface area contributed by atoms with Gasteiger partial charge in [0.25, 0.3) is 5.92 Å². The number of aromatic amines is 2. The first-order valence-corrected chi connectivity index (χ1v) is 12.0. The van der Waals surface area contributed by atoms with Gasteiger partial charge in [-0.05, 0) is 29.8 Å². The van der Waals surface area contributed by atoms with Crippen LogP contribution in [0.15, 0.2) is 65.9 Å². The quantitative estimate of drug-likeness (QED) is 0.301. The van der Waals surface area contributed by atoms with Crippen molar-refractivity contribution in [3.8, 4) is 33.9 Å². The number of H-pyrrole nitrogens is 2. The Morgan fingerprint density at radius 1 is 1.05 bits per heavy atom. The van der Waals surface area contributed by atoms with Crippen molar-refractivity contribution < 1.29 is 17.6 Å². The number of aromatic nitrogens is 6. The lowest BCUT2D eigenvalue weighted by atomic mass is 10.0. The smallest absolute Gasteiger partial charge is 0.261 e. The Bertz CT molecular complexity index is 1790. The number of hydrogen-bond donors (Lipinski definition) is 2. The van der Waals surface area contributed by atoms with Crippen LogP contribution in [0, 0.1) is 5.82 Å². The maximum absolute atomic E-state index is 15.2. The maximum atomic E-state index is 15.2. The highest BCUT2D eigenvalue weighted by molar-refractivity contribution is 5.97. The Balaban J connectivity index is 1.27. The minimum absolute atomic E-state index is 0.157. The average Bonchev–Trinajstić information content (AvgIpc) is 3.69. The normalized spacial score (nSPS) is 15.7. The lowest BCUT2D eigenvalue weighted by Crippen LogP contribution is -2.24. The molecular formula is C27H20F3N7O. The van der Waals surface area contributed by atoms with Crippen LogP contribution >= 0.6 is 0 Å². The van der Waals surface area contributed by atoms with Crippen LogP contribution in [0.3, 0.4) is 0 Å². The molecule has 1 aromatic carbocycles. The maximum Gasteiger partial charge on any atom is 0.261 e. The Kier molecular flexibility index (Phi) is 5.08. The van der Waals surface area contributed by atoms with Gasteiger partial charge in [0, 0.05) is 66.2 Å². The molecule has 1 saturated heterocycles. The molecule has 0 unspecified atom stereocenters. The van der Waals surface area contributed by atoms with E-state index >= 15 is 4.39 Å². The molecule has 0 bridgehead atoms. The number of fused-ring (bicyclic) bond motifs is 2. The summed E-state index contributed by atoms with van der Waals surface area (Å²) >= 11 is 0. The third-order valence-electron chi connectivity index (χ3n) is 6.83. The van der Waals surface area contributed by atoms with E-state index in [0.29, 0.717) is 57.8 Å². The highest BCUT2D eigenvalue weighted by Gasteiger charge is 2.37. The molecule has 0 radical (unpaired) electrons. The first-order valence-electron chi connectivity index (χ1n) is 12.0. The van der Waals surface area contributed by atoms with Gasteiger partial charge in [-0.3, -0.25) is 20.0 Å². The van der Waals surface area contributed by atoms with Crippen molar-refractivity contribution in [2.75, 3.05) is 13.1 Å². The predicted octanol–water partition coefficient (Wildman–Crippen LogP) is 5.80. The molecule has 0 atom stereocenters. The zero-order valence-corrected chi connectivity index (χ0v) is 19.9. The highest BCUT2D eigenvalue weighted by atomic mass is 19.3. The van der Waals surface area contributed by atoms with Crippen LogP contribution in [-0.4, -0.2) is 54.0 Å². The second-order valence-corrected chi connectivity index (χ2v) is 9.50. The molecule has 8 nitrogen and oxygen atoms in total. The van der Waals surface area contributed by atoms with Gasteiger partial charge in [-0.2, -0.15) is 5.10 Å². The number of rotatable bonds is 5. The summed E-state index contributed by atoms with van der Waals surface area (Å²) in [7, 11) is 0. The summed E-state index contributed by atoms with van der Waals surface area (Å²) in [6.45, 7) is 0.347. The van der Waals surface area contributed by atoms with Gasteiger partial charge in [0.1, 0.15) is 22.7 Å². The molecule has 0 amide bonds. The molecule has 0 saturated carbocycles. The number of nitrogens with one attached hydrogen (secondary N) is 2. The van der Waals surface area contributed by atoms with Gasteiger partial charge in [-0.25, -0.2) is 18.2 Å². The number of furan rings is 1. The van der Waals surface area contributed by atoms with Crippen LogP contribution in [0.4, 0.5) is 13.2 Å². The molecule has 11 heteroatoms. The van der Waals surface area contributed by atoms with Crippen molar-refractivity contribution in [3.05, 3.63) is 72.8 Å². The van der Waals surface area contributed by atoms with Crippen LogP contribution < -0.4 is 0 Å². The van der Waals surface area contributed by atoms with E-state index in [1.165, 1.54) is 6.07 Å². The molecule has 7 rings (SSSR count).